The molecular formula is C12H14N2O. The lowest BCUT2D eigenvalue weighted by molar-refractivity contribution is 0.318. The molecule has 0 saturated carbocycles. The standard InChI is InChI=1S/C12H14N2O/c1-2-7-15-12-6-4-3-5-10(12)11-8-13-9-14-11/h3-6,8-9H,2,7H2,1H3,(H,13,14). The summed E-state index contributed by atoms with van der Waals surface area (Å²) in [7, 11) is 0. The minimum atomic E-state index is 0.741. The molecule has 0 radical (unpaired) electrons. The fourth-order valence-electron chi connectivity index (χ4n) is 1.43. The monoisotopic (exact) mass is 202 g/mol. The largest absolute Gasteiger partial charge is 0.493 e. The van der Waals surface area contributed by atoms with Crippen molar-refractivity contribution in [2.75, 3.05) is 6.61 Å². The second-order valence-electron chi connectivity index (χ2n) is 3.31. The number of para-hydroxylation sites is 1. The molecule has 1 N–H and O–H groups in total. The highest BCUT2D eigenvalue weighted by Gasteiger charge is 2.05. The fourth-order valence-corrected chi connectivity index (χ4v) is 1.43. The summed E-state index contributed by atoms with van der Waals surface area (Å²) in [5.74, 6) is 0.906. The molecule has 0 bridgehead atoms. The van der Waals surface area contributed by atoms with Crippen LogP contribution in [0.5, 0.6) is 5.75 Å². The zero-order chi connectivity index (χ0) is 10.5. The van der Waals surface area contributed by atoms with Gasteiger partial charge in [0.1, 0.15) is 5.75 Å². The topological polar surface area (TPSA) is 37.9 Å². The Labute approximate surface area is 89.1 Å². The number of rotatable bonds is 4. The third-order valence-corrected chi connectivity index (χ3v) is 2.14. The summed E-state index contributed by atoms with van der Waals surface area (Å²) in [4.78, 5) is 7.09. The van der Waals surface area contributed by atoms with Crippen molar-refractivity contribution in [3.63, 3.8) is 0 Å². The molecule has 0 fully saturated rings. The molecule has 0 unspecified atom stereocenters. The minimum Gasteiger partial charge on any atom is -0.493 e. The number of ether oxygens (including phenoxy) is 1. The lowest BCUT2D eigenvalue weighted by atomic mass is 10.1. The molecule has 1 aromatic carbocycles. The van der Waals surface area contributed by atoms with Crippen molar-refractivity contribution in [1.82, 2.24) is 9.97 Å². The Hall–Kier alpha value is -1.77. The van der Waals surface area contributed by atoms with Gasteiger partial charge in [0.25, 0.3) is 0 Å². The van der Waals surface area contributed by atoms with Crippen molar-refractivity contribution < 1.29 is 4.74 Å². The van der Waals surface area contributed by atoms with Crippen molar-refractivity contribution in [3.8, 4) is 17.0 Å². The third-order valence-electron chi connectivity index (χ3n) is 2.14. The Morgan fingerprint density at radius 2 is 2.20 bits per heavy atom. The quantitative estimate of drug-likeness (QED) is 0.827. The zero-order valence-electron chi connectivity index (χ0n) is 8.73. The zero-order valence-corrected chi connectivity index (χ0v) is 8.73. The Morgan fingerprint density at radius 1 is 1.33 bits per heavy atom. The van der Waals surface area contributed by atoms with E-state index in [1.807, 2.05) is 24.3 Å². The van der Waals surface area contributed by atoms with Gasteiger partial charge in [-0.3, -0.25) is 0 Å². The number of aromatic nitrogens is 2. The number of H-pyrrole nitrogens is 1. The van der Waals surface area contributed by atoms with Gasteiger partial charge in [-0.15, -0.1) is 0 Å². The molecule has 0 amide bonds. The Kier molecular flexibility index (Phi) is 3.02. The number of aromatic amines is 1. The summed E-state index contributed by atoms with van der Waals surface area (Å²) < 4.78 is 5.66. The van der Waals surface area contributed by atoms with Gasteiger partial charge in [0.15, 0.2) is 0 Å². The maximum absolute atomic E-state index is 5.66. The number of nitrogens with zero attached hydrogens (tertiary/aromatic N) is 1. The van der Waals surface area contributed by atoms with Crippen LogP contribution in [0.4, 0.5) is 0 Å². The predicted octanol–water partition coefficient (Wildman–Crippen LogP) is 2.87. The third kappa shape index (κ3) is 2.18. The lowest BCUT2D eigenvalue weighted by Gasteiger charge is -2.08. The van der Waals surface area contributed by atoms with Crippen LogP contribution in [-0.2, 0) is 0 Å². The molecule has 0 aliphatic rings. The van der Waals surface area contributed by atoms with Crippen LogP contribution < -0.4 is 4.74 Å². The molecule has 0 aliphatic carbocycles. The summed E-state index contributed by atoms with van der Waals surface area (Å²) in [6, 6.07) is 7.98. The van der Waals surface area contributed by atoms with Crippen molar-refractivity contribution in [2.24, 2.45) is 0 Å². The number of hydrogen-bond acceptors (Lipinski definition) is 2. The maximum Gasteiger partial charge on any atom is 0.128 e. The summed E-state index contributed by atoms with van der Waals surface area (Å²) >= 11 is 0. The average Bonchev–Trinajstić information content (AvgIpc) is 2.80. The van der Waals surface area contributed by atoms with Crippen molar-refractivity contribution in [1.29, 1.82) is 0 Å². The first kappa shape index (κ1) is 9.77. The van der Waals surface area contributed by atoms with Gasteiger partial charge < -0.3 is 9.72 Å². The van der Waals surface area contributed by atoms with Gasteiger partial charge >= 0.3 is 0 Å². The SMILES string of the molecule is CCCOc1ccccc1-c1cnc[nH]1. The average molecular weight is 202 g/mol. The van der Waals surface area contributed by atoms with Crippen molar-refractivity contribution >= 4 is 0 Å². The molecule has 3 nitrogen and oxygen atoms in total. The summed E-state index contributed by atoms with van der Waals surface area (Å²) in [6.07, 6.45) is 4.48. The van der Waals surface area contributed by atoms with Crippen LogP contribution >= 0.6 is 0 Å². The van der Waals surface area contributed by atoms with Crippen LogP contribution in [0, 0.1) is 0 Å². The maximum atomic E-state index is 5.66. The summed E-state index contributed by atoms with van der Waals surface area (Å²) in [5, 5.41) is 0. The van der Waals surface area contributed by atoms with Gasteiger partial charge in [0, 0.05) is 5.56 Å². The highest BCUT2D eigenvalue weighted by Crippen LogP contribution is 2.27. The van der Waals surface area contributed by atoms with Gasteiger partial charge in [0.2, 0.25) is 0 Å². The smallest absolute Gasteiger partial charge is 0.128 e. The van der Waals surface area contributed by atoms with Crippen LogP contribution in [0.25, 0.3) is 11.3 Å². The van der Waals surface area contributed by atoms with Gasteiger partial charge in [-0.05, 0) is 18.6 Å². The Balaban J connectivity index is 2.30. The summed E-state index contributed by atoms with van der Waals surface area (Å²) in [5.41, 5.74) is 2.05. The number of hydrogen-bond donors (Lipinski definition) is 1. The molecule has 15 heavy (non-hydrogen) atoms. The molecular weight excluding hydrogens is 188 g/mol. The van der Waals surface area contributed by atoms with E-state index in [1.165, 1.54) is 0 Å². The van der Waals surface area contributed by atoms with E-state index in [9.17, 15) is 0 Å². The van der Waals surface area contributed by atoms with E-state index in [4.69, 9.17) is 4.74 Å². The molecule has 3 heteroatoms. The van der Waals surface area contributed by atoms with Crippen LogP contribution in [0.15, 0.2) is 36.8 Å². The molecule has 0 aliphatic heterocycles. The van der Waals surface area contributed by atoms with E-state index in [2.05, 4.69) is 16.9 Å². The second-order valence-corrected chi connectivity index (χ2v) is 3.31. The van der Waals surface area contributed by atoms with E-state index in [1.54, 1.807) is 12.5 Å². The van der Waals surface area contributed by atoms with Crippen molar-refractivity contribution in [3.05, 3.63) is 36.8 Å². The molecule has 0 spiro atoms. The van der Waals surface area contributed by atoms with E-state index in [0.717, 1.165) is 30.0 Å². The fraction of sp³-hybridized carbons (Fsp3) is 0.250. The van der Waals surface area contributed by atoms with Gasteiger partial charge in [-0.25, -0.2) is 4.98 Å². The van der Waals surface area contributed by atoms with Gasteiger partial charge in [0.05, 0.1) is 24.8 Å². The van der Waals surface area contributed by atoms with Gasteiger partial charge in [-0.2, -0.15) is 0 Å². The van der Waals surface area contributed by atoms with E-state index in [0.29, 0.717) is 0 Å². The van der Waals surface area contributed by atoms with Crippen LogP contribution in [0.1, 0.15) is 13.3 Å². The first-order valence-corrected chi connectivity index (χ1v) is 5.12. The number of benzene rings is 1. The van der Waals surface area contributed by atoms with Crippen LogP contribution in [0.3, 0.4) is 0 Å². The first-order chi connectivity index (χ1) is 7.42. The van der Waals surface area contributed by atoms with Crippen LogP contribution in [-0.4, -0.2) is 16.6 Å². The molecule has 78 valence electrons. The first-order valence-electron chi connectivity index (χ1n) is 5.12. The van der Waals surface area contributed by atoms with E-state index >= 15 is 0 Å². The van der Waals surface area contributed by atoms with Crippen molar-refractivity contribution in [2.45, 2.75) is 13.3 Å². The lowest BCUT2D eigenvalue weighted by Crippen LogP contribution is -1.96. The van der Waals surface area contributed by atoms with Gasteiger partial charge in [-0.1, -0.05) is 19.1 Å². The van der Waals surface area contributed by atoms with E-state index in [-0.39, 0.29) is 0 Å². The molecule has 1 aromatic heterocycles. The molecule has 0 atom stereocenters. The van der Waals surface area contributed by atoms with Crippen LogP contribution in [0.2, 0.25) is 0 Å². The number of imidazole rings is 1. The Morgan fingerprint density at radius 3 is 2.93 bits per heavy atom. The second kappa shape index (κ2) is 4.64. The highest BCUT2D eigenvalue weighted by molar-refractivity contribution is 5.66. The minimum absolute atomic E-state index is 0.741. The molecule has 0 saturated heterocycles. The highest BCUT2D eigenvalue weighted by atomic mass is 16.5. The molecule has 2 aromatic rings. The summed E-state index contributed by atoms with van der Waals surface area (Å²) in [6.45, 7) is 2.84. The normalized spacial score (nSPS) is 10.2. The number of nitrogens with one attached hydrogen (secondary N) is 1. The van der Waals surface area contributed by atoms with E-state index < -0.39 is 0 Å². The molecule has 1 heterocycles. The Bertz CT molecular complexity index is 409. The predicted molar refractivity (Wildman–Crippen MR) is 59.8 cm³/mol. The molecule has 2 rings (SSSR count).